The average molecular weight is 477 g/mol. The van der Waals surface area contributed by atoms with Gasteiger partial charge in [0, 0.05) is 4.47 Å². The average Bonchev–Trinajstić information content (AvgIpc) is 2.64. The molecule has 0 spiro atoms. The number of hydrogen-bond acceptors (Lipinski definition) is 2. The molecule has 150 valence electrons. The van der Waals surface area contributed by atoms with Crippen LogP contribution in [0.15, 0.2) is 46.9 Å². The summed E-state index contributed by atoms with van der Waals surface area (Å²) in [6, 6.07) is 10.9. The Labute approximate surface area is 174 Å². The van der Waals surface area contributed by atoms with Crippen LogP contribution in [0.2, 0.25) is 5.02 Å². The van der Waals surface area contributed by atoms with E-state index >= 15 is 0 Å². The Balaban J connectivity index is 2.04. The second-order valence-corrected chi connectivity index (χ2v) is 8.07. The molecule has 1 atom stereocenters. The van der Waals surface area contributed by atoms with E-state index in [1.807, 2.05) is 29.2 Å². The van der Waals surface area contributed by atoms with Crippen molar-refractivity contribution in [2.24, 2.45) is 5.92 Å². The number of carboxylic acids is 1. The molecule has 0 radical (unpaired) electrons. The highest BCUT2D eigenvalue weighted by molar-refractivity contribution is 9.10. The fourth-order valence-electron chi connectivity index (χ4n) is 3.62. The third-order valence-electron chi connectivity index (χ3n) is 5.06. The quantitative estimate of drug-likeness (QED) is 0.588. The Morgan fingerprint density at radius 2 is 1.82 bits per heavy atom. The lowest BCUT2D eigenvalue weighted by molar-refractivity contribution is -0.143. The molecule has 3 nitrogen and oxygen atoms in total. The third-order valence-corrected chi connectivity index (χ3v) is 6.11. The number of alkyl halides is 3. The van der Waals surface area contributed by atoms with Crippen LogP contribution in [-0.2, 0) is 11.0 Å². The van der Waals surface area contributed by atoms with Crippen molar-refractivity contribution in [2.45, 2.75) is 25.1 Å². The maximum absolute atomic E-state index is 13.4. The van der Waals surface area contributed by atoms with Gasteiger partial charge in [-0.1, -0.05) is 51.8 Å². The van der Waals surface area contributed by atoms with E-state index in [-0.39, 0.29) is 5.02 Å². The Kier molecular flexibility index (Phi) is 6.37. The van der Waals surface area contributed by atoms with Crippen molar-refractivity contribution >= 4 is 33.5 Å². The van der Waals surface area contributed by atoms with Gasteiger partial charge in [-0.15, -0.1) is 0 Å². The monoisotopic (exact) mass is 475 g/mol. The molecule has 3 rings (SSSR count). The van der Waals surface area contributed by atoms with Gasteiger partial charge in [0.05, 0.1) is 22.5 Å². The van der Waals surface area contributed by atoms with Gasteiger partial charge >= 0.3 is 12.1 Å². The van der Waals surface area contributed by atoms with E-state index in [1.54, 1.807) is 6.07 Å². The molecule has 0 saturated carbocycles. The van der Waals surface area contributed by atoms with Crippen LogP contribution in [0.25, 0.3) is 0 Å². The molecule has 2 aromatic carbocycles. The van der Waals surface area contributed by atoms with E-state index in [1.165, 1.54) is 6.07 Å². The van der Waals surface area contributed by atoms with E-state index in [0.717, 1.165) is 16.1 Å². The minimum absolute atomic E-state index is 0.341. The first-order valence-electron chi connectivity index (χ1n) is 8.76. The molecule has 1 fully saturated rings. The van der Waals surface area contributed by atoms with Crippen LogP contribution in [0, 0.1) is 5.92 Å². The first kappa shape index (κ1) is 21.1. The van der Waals surface area contributed by atoms with Crippen molar-refractivity contribution < 1.29 is 23.1 Å². The zero-order chi connectivity index (χ0) is 20.5. The first-order valence-corrected chi connectivity index (χ1v) is 9.93. The minimum atomic E-state index is -4.55. The van der Waals surface area contributed by atoms with Crippen molar-refractivity contribution in [1.29, 1.82) is 0 Å². The van der Waals surface area contributed by atoms with Gasteiger partial charge in [0.1, 0.15) is 0 Å². The molecule has 0 amide bonds. The lowest BCUT2D eigenvalue weighted by Gasteiger charge is -2.37. The van der Waals surface area contributed by atoms with Crippen LogP contribution >= 0.6 is 27.5 Å². The molecule has 2 aromatic rings. The second-order valence-electron chi connectivity index (χ2n) is 6.81. The van der Waals surface area contributed by atoms with Gasteiger partial charge in [-0.2, -0.15) is 13.2 Å². The summed E-state index contributed by atoms with van der Waals surface area (Å²) in [4.78, 5) is 13.3. The largest absolute Gasteiger partial charge is 0.481 e. The molecular formula is C20H18BrClF3NO2. The number of piperidine rings is 1. The van der Waals surface area contributed by atoms with Gasteiger partial charge in [-0.3, -0.25) is 9.69 Å². The van der Waals surface area contributed by atoms with Crippen molar-refractivity contribution in [3.05, 3.63) is 68.7 Å². The number of rotatable bonds is 4. The summed E-state index contributed by atoms with van der Waals surface area (Å²) in [6.07, 6.45) is -3.64. The lowest BCUT2D eigenvalue weighted by Crippen LogP contribution is -2.39. The van der Waals surface area contributed by atoms with Crippen molar-refractivity contribution in [3.63, 3.8) is 0 Å². The van der Waals surface area contributed by atoms with Gasteiger partial charge in [0.15, 0.2) is 0 Å². The molecule has 1 aliphatic rings. The van der Waals surface area contributed by atoms with Crippen LogP contribution in [0.3, 0.4) is 0 Å². The summed E-state index contributed by atoms with van der Waals surface area (Å²) in [7, 11) is 0. The summed E-state index contributed by atoms with van der Waals surface area (Å²) in [5, 5.41) is 8.89. The van der Waals surface area contributed by atoms with Crippen LogP contribution in [0.5, 0.6) is 0 Å². The Morgan fingerprint density at radius 3 is 2.39 bits per heavy atom. The molecule has 1 N–H and O–H groups in total. The lowest BCUT2D eigenvalue weighted by atomic mass is 9.90. The molecule has 0 aromatic heterocycles. The zero-order valence-electron chi connectivity index (χ0n) is 14.7. The van der Waals surface area contributed by atoms with E-state index in [0.29, 0.717) is 31.5 Å². The van der Waals surface area contributed by atoms with Crippen molar-refractivity contribution in [1.82, 2.24) is 4.90 Å². The topological polar surface area (TPSA) is 40.5 Å². The van der Waals surface area contributed by atoms with Crippen LogP contribution in [0.1, 0.15) is 35.6 Å². The number of carbonyl (C=O) groups is 1. The molecular weight excluding hydrogens is 459 g/mol. The standard InChI is InChI=1S/C20H18BrClF3NO2/c21-16-4-2-1-3-14(16)18(26-9-7-12(8-10-26)19(27)28)13-5-6-17(22)15(11-13)20(23,24)25/h1-6,11-12,18H,7-10H2,(H,27,28). The number of halogens is 5. The minimum Gasteiger partial charge on any atom is -0.481 e. The number of nitrogens with zero attached hydrogens (tertiary/aromatic N) is 1. The normalized spacial score (nSPS) is 17.5. The highest BCUT2D eigenvalue weighted by Gasteiger charge is 2.36. The van der Waals surface area contributed by atoms with Crippen molar-refractivity contribution in [3.8, 4) is 0 Å². The first-order chi connectivity index (χ1) is 13.2. The van der Waals surface area contributed by atoms with Crippen molar-refractivity contribution in [2.75, 3.05) is 13.1 Å². The number of hydrogen-bond donors (Lipinski definition) is 1. The number of aliphatic carboxylic acids is 1. The SMILES string of the molecule is O=C(O)C1CCN(C(c2ccc(Cl)c(C(F)(F)F)c2)c2ccccc2Br)CC1. The van der Waals surface area contributed by atoms with Gasteiger partial charge in [0.2, 0.25) is 0 Å². The number of likely N-dealkylation sites (tertiary alicyclic amines) is 1. The van der Waals surface area contributed by atoms with Crippen LogP contribution in [-0.4, -0.2) is 29.1 Å². The second kappa shape index (κ2) is 8.43. The highest BCUT2D eigenvalue weighted by Crippen LogP contribution is 2.40. The van der Waals surface area contributed by atoms with Crippen LogP contribution < -0.4 is 0 Å². The predicted molar refractivity (Wildman–Crippen MR) is 104 cm³/mol. The van der Waals surface area contributed by atoms with E-state index in [9.17, 15) is 23.1 Å². The maximum Gasteiger partial charge on any atom is 0.417 e. The summed E-state index contributed by atoms with van der Waals surface area (Å²) < 4.78 is 40.9. The Hall–Kier alpha value is -1.57. The summed E-state index contributed by atoms with van der Waals surface area (Å²) in [5.41, 5.74) is 0.424. The number of benzene rings is 2. The van der Waals surface area contributed by atoms with Gasteiger partial charge in [-0.05, 0) is 55.3 Å². The molecule has 1 saturated heterocycles. The van der Waals surface area contributed by atoms with E-state index in [4.69, 9.17) is 11.6 Å². The van der Waals surface area contributed by atoms with Gasteiger partial charge < -0.3 is 5.11 Å². The molecule has 28 heavy (non-hydrogen) atoms. The van der Waals surface area contributed by atoms with Gasteiger partial charge in [0.25, 0.3) is 0 Å². The molecule has 8 heteroatoms. The molecule has 0 aliphatic carbocycles. The van der Waals surface area contributed by atoms with E-state index < -0.39 is 29.7 Å². The summed E-state index contributed by atoms with van der Waals surface area (Å²) >= 11 is 9.29. The highest BCUT2D eigenvalue weighted by atomic mass is 79.9. The number of carboxylic acid groups (broad SMARTS) is 1. The molecule has 0 bridgehead atoms. The molecule has 1 heterocycles. The Bertz CT molecular complexity index is 867. The maximum atomic E-state index is 13.4. The van der Waals surface area contributed by atoms with Crippen LogP contribution in [0.4, 0.5) is 13.2 Å². The van der Waals surface area contributed by atoms with Gasteiger partial charge in [-0.25, -0.2) is 0 Å². The summed E-state index contributed by atoms with van der Waals surface area (Å²) in [6.45, 7) is 0.958. The third kappa shape index (κ3) is 4.53. The smallest absolute Gasteiger partial charge is 0.417 e. The Morgan fingerprint density at radius 1 is 1.18 bits per heavy atom. The summed E-state index contributed by atoms with van der Waals surface area (Å²) in [5.74, 6) is -1.25. The zero-order valence-corrected chi connectivity index (χ0v) is 17.1. The predicted octanol–water partition coefficient (Wildman–Crippen LogP) is 6.01. The molecule has 1 aliphatic heterocycles. The van der Waals surface area contributed by atoms with E-state index in [2.05, 4.69) is 15.9 Å². The molecule has 1 unspecified atom stereocenters. The fourth-order valence-corrected chi connectivity index (χ4v) is 4.35. The fraction of sp³-hybridized carbons (Fsp3) is 0.350.